The molecular weight excluding hydrogens is 422 g/mol. The monoisotopic (exact) mass is 441 g/mol. The molecule has 9 heteroatoms. The first kappa shape index (κ1) is 21.6. The molecule has 0 saturated heterocycles. The summed E-state index contributed by atoms with van der Waals surface area (Å²) in [4.78, 5) is 12.6. The molecule has 0 spiro atoms. The molecule has 2 heterocycles. The van der Waals surface area contributed by atoms with Crippen LogP contribution in [0.4, 0.5) is 5.13 Å². The van der Waals surface area contributed by atoms with E-state index in [0.717, 1.165) is 30.0 Å². The summed E-state index contributed by atoms with van der Waals surface area (Å²) in [6.07, 6.45) is 6.23. The van der Waals surface area contributed by atoms with Gasteiger partial charge < -0.3 is 9.30 Å². The Bertz CT molecular complexity index is 1110. The lowest BCUT2D eigenvalue weighted by Crippen LogP contribution is -2.13. The van der Waals surface area contributed by atoms with Crippen molar-refractivity contribution in [2.24, 2.45) is 0 Å². The number of hydrogen-bond acceptors (Lipinski definition) is 6. The average molecular weight is 442 g/mol. The molecular formula is C21H20ClN5O2S. The highest BCUT2D eigenvalue weighted by Crippen LogP contribution is 2.28. The summed E-state index contributed by atoms with van der Waals surface area (Å²) in [7, 11) is 1.55. The number of methoxy groups -OCH3 is 1. The fourth-order valence-electron chi connectivity index (χ4n) is 2.75. The van der Waals surface area contributed by atoms with Crippen LogP contribution in [-0.2, 0) is 11.2 Å². The number of amides is 1. The van der Waals surface area contributed by atoms with Gasteiger partial charge in [0, 0.05) is 24.0 Å². The molecule has 1 amide bonds. The molecule has 0 aliphatic heterocycles. The lowest BCUT2D eigenvalue weighted by atomic mass is 10.2. The summed E-state index contributed by atoms with van der Waals surface area (Å²) in [6, 6.07) is 10.9. The van der Waals surface area contributed by atoms with Crippen molar-refractivity contribution in [2.45, 2.75) is 26.2 Å². The molecule has 0 fully saturated rings. The molecule has 2 aromatic heterocycles. The van der Waals surface area contributed by atoms with Gasteiger partial charge in [0.2, 0.25) is 5.13 Å². The number of benzene rings is 1. The van der Waals surface area contributed by atoms with Crippen molar-refractivity contribution >= 4 is 40.1 Å². The zero-order chi connectivity index (χ0) is 21.5. The van der Waals surface area contributed by atoms with Crippen LogP contribution in [-0.4, -0.2) is 27.8 Å². The Hall–Kier alpha value is -3.15. The number of carbonyl (C=O) groups is 1. The van der Waals surface area contributed by atoms with E-state index in [1.807, 2.05) is 29.0 Å². The smallest absolute Gasteiger partial charge is 0.268 e. The predicted molar refractivity (Wildman–Crippen MR) is 118 cm³/mol. The number of ether oxygens (including phenoxy) is 1. The molecule has 0 aliphatic rings. The molecule has 30 heavy (non-hydrogen) atoms. The number of hydrogen-bond donors (Lipinski definition) is 1. The molecule has 0 unspecified atom stereocenters. The number of nitriles is 1. The Morgan fingerprint density at radius 3 is 2.93 bits per heavy atom. The molecule has 3 aromatic rings. The normalized spacial score (nSPS) is 11.2. The largest absolute Gasteiger partial charge is 0.495 e. The number of halogens is 1. The molecule has 1 aromatic carbocycles. The molecule has 0 bridgehead atoms. The van der Waals surface area contributed by atoms with Crippen molar-refractivity contribution in [3.63, 3.8) is 0 Å². The van der Waals surface area contributed by atoms with Gasteiger partial charge in [-0.2, -0.15) is 5.26 Å². The molecule has 3 rings (SSSR count). The lowest BCUT2D eigenvalue weighted by molar-refractivity contribution is -0.112. The van der Waals surface area contributed by atoms with Crippen LogP contribution in [0.15, 0.2) is 42.1 Å². The number of nitrogens with zero attached hydrogens (tertiary/aromatic N) is 4. The summed E-state index contributed by atoms with van der Waals surface area (Å²) >= 11 is 7.54. The Morgan fingerprint density at radius 2 is 2.23 bits per heavy atom. The van der Waals surface area contributed by atoms with Crippen LogP contribution in [0, 0.1) is 11.3 Å². The van der Waals surface area contributed by atoms with Crippen molar-refractivity contribution < 1.29 is 9.53 Å². The highest BCUT2D eigenvalue weighted by molar-refractivity contribution is 7.15. The number of unbranched alkanes of at least 4 members (excludes halogenated alkanes) is 1. The third-order valence-electron chi connectivity index (χ3n) is 4.28. The van der Waals surface area contributed by atoms with E-state index in [1.54, 1.807) is 25.3 Å². The molecule has 154 valence electrons. The Morgan fingerprint density at radius 1 is 1.40 bits per heavy atom. The number of aryl methyl sites for hydroxylation is 1. The number of rotatable bonds is 8. The fraction of sp³-hybridized carbons (Fsp3) is 0.238. The van der Waals surface area contributed by atoms with Crippen molar-refractivity contribution in [3.8, 4) is 17.5 Å². The fourth-order valence-corrected chi connectivity index (χ4v) is 3.77. The molecule has 0 aliphatic carbocycles. The maximum Gasteiger partial charge on any atom is 0.268 e. The molecule has 0 atom stereocenters. The minimum Gasteiger partial charge on any atom is -0.495 e. The number of anilines is 1. The summed E-state index contributed by atoms with van der Waals surface area (Å²) in [6.45, 7) is 2.10. The van der Waals surface area contributed by atoms with Gasteiger partial charge in [-0.25, -0.2) is 0 Å². The minimum atomic E-state index is -0.531. The van der Waals surface area contributed by atoms with E-state index in [2.05, 4.69) is 22.4 Å². The zero-order valence-electron chi connectivity index (χ0n) is 16.6. The lowest BCUT2D eigenvalue weighted by Gasteiger charge is -2.10. The van der Waals surface area contributed by atoms with Crippen LogP contribution >= 0.6 is 22.9 Å². The predicted octanol–water partition coefficient (Wildman–Crippen LogP) is 4.88. The van der Waals surface area contributed by atoms with Gasteiger partial charge in [-0.3, -0.25) is 10.1 Å². The first-order chi connectivity index (χ1) is 14.5. The maximum atomic E-state index is 12.6. The second-order valence-corrected chi connectivity index (χ2v) is 7.82. The summed E-state index contributed by atoms with van der Waals surface area (Å²) in [5.41, 5.74) is 1.39. The molecule has 0 radical (unpaired) electrons. The zero-order valence-corrected chi connectivity index (χ0v) is 18.1. The number of nitrogens with one attached hydrogen (secondary N) is 1. The first-order valence-corrected chi connectivity index (χ1v) is 10.5. The van der Waals surface area contributed by atoms with E-state index >= 15 is 0 Å². The van der Waals surface area contributed by atoms with E-state index in [-0.39, 0.29) is 5.57 Å². The van der Waals surface area contributed by atoms with Gasteiger partial charge in [0.05, 0.1) is 12.1 Å². The second-order valence-electron chi connectivity index (χ2n) is 6.35. The number of carbonyl (C=O) groups excluding carboxylic acids is 1. The number of aromatic nitrogens is 3. The summed E-state index contributed by atoms with van der Waals surface area (Å²) in [5.74, 6) is 0.0355. The Balaban J connectivity index is 1.81. The van der Waals surface area contributed by atoms with Crippen molar-refractivity contribution in [3.05, 3.63) is 57.8 Å². The SMILES string of the molecule is CCCCc1nnc(NC(=O)C(C#N)=Cc2cccn2-c2ccc(OC)c(Cl)c2)s1. The standard InChI is InChI=1S/C21H20ClN5O2S/c1-3-4-7-19-25-26-21(30-19)24-20(28)14(13-23)11-15-6-5-10-27(15)16-8-9-18(29-2)17(22)12-16/h5-6,8-12H,3-4,7H2,1-2H3,(H,24,26,28). The van der Waals surface area contributed by atoms with Crippen LogP contribution in [0.25, 0.3) is 11.8 Å². The van der Waals surface area contributed by atoms with Crippen LogP contribution in [0.5, 0.6) is 5.75 Å². The molecule has 0 saturated carbocycles. The van der Waals surface area contributed by atoms with E-state index < -0.39 is 5.91 Å². The van der Waals surface area contributed by atoms with Crippen LogP contribution in [0.1, 0.15) is 30.5 Å². The average Bonchev–Trinajstić information content (AvgIpc) is 3.39. The van der Waals surface area contributed by atoms with Crippen molar-refractivity contribution in [2.75, 3.05) is 12.4 Å². The third-order valence-corrected chi connectivity index (χ3v) is 5.48. The van der Waals surface area contributed by atoms with Crippen LogP contribution in [0.3, 0.4) is 0 Å². The summed E-state index contributed by atoms with van der Waals surface area (Å²) < 4.78 is 7.00. The van der Waals surface area contributed by atoms with Gasteiger partial charge in [0.15, 0.2) is 0 Å². The van der Waals surface area contributed by atoms with Crippen molar-refractivity contribution in [1.82, 2.24) is 14.8 Å². The van der Waals surface area contributed by atoms with Gasteiger partial charge in [0.1, 0.15) is 22.4 Å². The molecule has 7 nitrogen and oxygen atoms in total. The van der Waals surface area contributed by atoms with Gasteiger partial charge in [-0.1, -0.05) is 36.3 Å². The highest BCUT2D eigenvalue weighted by atomic mass is 35.5. The van der Waals surface area contributed by atoms with E-state index in [0.29, 0.717) is 21.6 Å². The van der Waals surface area contributed by atoms with Crippen LogP contribution < -0.4 is 10.1 Å². The second kappa shape index (κ2) is 10.1. The van der Waals surface area contributed by atoms with E-state index in [1.165, 1.54) is 17.4 Å². The quantitative estimate of drug-likeness (QED) is 0.397. The van der Waals surface area contributed by atoms with Gasteiger partial charge in [-0.05, 0) is 42.8 Å². The van der Waals surface area contributed by atoms with Gasteiger partial charge in [-0.15, -0.1) is 10.2 Å². The van der Waals surface area contributed by atoms with E-state index in [9.17, 15) is 10.1 Å². The minimum absolute atomic E-state index is 0.0418. The van der Waals surface area contributed by atoms with Gasteiger partial charge >= 0.3 is 0 Å². The topological polar surface area (TPSA) is 92.8 Å². The van der Waals surface area contributed by atoms with Gasteiger partial charge in [0.25, 0.3) is 5.91 Å². The maximum absolute atomic E-state index is 12.6. The molecule has 1 N–H and O–H groups in total. The highest BCUT2D eigenvalue weighted by Gasteiger charge is 2.14. The van der Waals surface area contributed by atoms with Crippen molar-refractivity contribution in [1.29, 1.82) is 5.26 Å². The third kappa shape index (κ3) is 5.06. The van der Waals surface area contributed by atoms with E-state index in [4.69, 9.17) is 16.3 Å². The summed E-state index contributed by atoms with van der Waals surface area (Å²) in [5, 5.41) is 21.9. The van der Waals surface area contributed by atoms with Crippen LogP contribution in [0.2, 0.25) is 5.02 Å². The Labute approximate surface area is 183 Å². The first-order valence-electron chi connectivity index (χ1n) is 9.32. The Kier molecular flexibility index (Phi) is 7.22.